The van der Waals surface area contributed by atoms with Gasteiger partial charge in [0, 0.05) is 24.5 Å². The van der Waals surface area contributed by atoms with Crippen LogP contribution in [0.4, 0.5) is 0 Å². The molecule has 1 amide bonds. The normalized spacial score (nSPS) is 32.7. The standard InChI is InChI=1S/C12H22N2O/c1-3-9(2)12(15)13-10-6-8-14-7-4-5-11(10)14/h9-11H,3-8H2,1-2H3,(H,13,15)/t9-,10-,11+/m1/s1. The van der Waals surface area contributed by atoms with Crippen LogP contribution in [0.25, 0.3) is 0 Å². The molecule has 2 fully saturated rings. The summed E-state index contributed by atoms with van der Waals surface area (Å²) in [5.74, 6) is 0.414. The van der Waals surface area contributed by atoms with E-state index in [1.807, 2.05) is 6.92 Å². The Morgan fingerprint density at radius 2 is 2.27 bits per heavy atom. The Bertz CT molecular complexity index is 242. The molecule has 3 atom stereocenters. The molecule has 2 saturated heterocycles. The van der Waals surface area contributed by atoms with Gasteiger partial charge in [-0.2, -0.15) is 0 Å². The maximum absolute atomic E-state index is 11.8. The van der Waals surface area contributed by atoms with Gasteiger partial charge < -0.3 is 5.32 Å². The summed E-state index contributed by atoms with van der Waals surface area (Å²) in [6.07, 6.45) is 4.66. The van der Waals surface area contributed by atoms with Crippen LogP contribution < -0.4 is 5.32 Å². The van der Waals surface area contributed by atoms with Gasteiger partial charge in [0.1, 0.15) is 0 Å². The largest absolute Gasteiger partial charge is 0.352 e. The van der Waals surface area contributed by atoms with Gasteiger partial charge in [-0.15, -0.1) is 0 Å². The molecule has 3 heteroatoms. The van der Waals surface area contributed by atoms with Crippen molar-refractivity contribution in [3.8, 4) is 0 Å². The summed E-state index contributed by atoms with van der Waals surface area (Å²) in [7, 11) is 0. The first kappa shape index (κ1) is 10.9. The highest BCUT2D eigenvalue weighted by Gasteiger charge is 2.37. The first-order valence-corrected chi connectivity index (χ1v) is 6.26. The van der Waals surface area contributed by atoms with Crippen LogP contribution in [0.5, 0.6) is 0 Å². The first-order chi connectivity index (χ1) is 7.22. The van der Waals surface area contributed by atoms with Gasteiger partial charge in [-0.3, -0.25) is 9.69 Å². The number of nitrogens with one attached hydrogen (secondary N) is 1. The number of hydrogen-bond donors (Lipinski definition) is 1. The lowest BCUT2D eigenvalue weighted by atomic mass is 10.0. The van der Waals surface area contributed by atoms with Crippen molar-refractivity contribution in [3.63, 3.8) is 0 Å². The van der Waals surface area contributed by atoms with E-state index in [4.69, 9.17) is 0 Å². The number of carbonyl (C=O) groups excluding carboxylic acids is 1. The lowest BCUT2D eigenvalue weighted by Crippen LogP contribution is -2.44. The average Bonchev–Trinajstić information content (AvgIpc) is 2.81. The predicted molar refractivity (Wildman–Crippen MR) is 60.6 cm³/mol. The van der Waals surface area contributed by atoms with E-state index in [0.29, 0.717) is 12.1 Å². The highest BCUT2D eigenvalue weighted by Crippen LogP contribution is 2.28. The van der Waals surface area contributed by atoms with Crippen molar-refractivity contribution >= 4 is 5.91 Å². The van der Waals surface area contributed by atoms with Gasteiger partial charge in [0.25, 0.3) is 0 Å². The maximum atomic E-state index is 11.8. The van der Waals surface area contributed by atoms with Crippen molar-refractivity contribution in [1.29, 1.82) is 0 Å². The predicted octanol–water partition coefficient (Wildman–Crippen LogP) is 1.39. The molecule has 0 saturated carbocycles. The summed E-state index contributed by atoms with van der Waals surface area (Å²) in [6, 6.07) is 1.06. The van der Waals surface area contributed by atoms with Crippen LogP contribution in [0.3, 0.4) is 0 Å². The molecule has 0 aliphatic carbocycles. The molecule has 0 aromatic carbocycles. The third kappa shape index (κ3) is 2.17. The molecule has 0 aromatic rings. The van der Waals surface area contributed by atoms with Gasteiger partial charge in [0.2, 0.25) is 5.91 Å². The van der Waals surface area contributed by atoms with Gasteiger partial charge in [0.15, 0.2) is 0 Å². The summed E-state index contributed by atoms with van der Waals surface area (Å²) in [6.45, 7) is 6.49. The topological polar surface area (TPSA) is 32.3 Å². The summed E-state index contributed by atoms with van der Waals surface area (Å²) in [4.78, 5) is 14.3. The molecule has 1 N–H and O–H groups in total. The van der Waals surface area contributed by atoms with Crippen LogP contribution in [0.1, 0.15) is 39.5 Å². The van der Waals surface area contributed by atoms with E-state index in [1.54, 1.807) is 0 Å². The lowest BCUT2D eigenvalue weighted by Gasteiger charge is -2.22. The number of rotatable bonds is 3. The Kier molecular flexibility index (Phi) is 3.29. The molecule has 0 aromatic heterocycles. The van der Waals surface area contributed by atoms with Crippen molar-refractivity contribution in [2.75, 3.05) is 13.1 Å². The molecule has 86 valence electrons. The Balaban J connectivity index is 1.87. The summed E-state index contributed by atoms with van der Waals surface area (Å²) in [5.41, 5.74) is 0. The number of nitrogens with zero attached hydrogens (tertiary/aromatic N) is 1. The molecular weight excluding hydrogens is 188 g/mol. The third-order valence-electron chi connectivity index (χ3n) is 3.99. The first-order valence-electron chi connectivity index (χ1n) is 6.26. The van der Waals surface area contributed by atoms with E-state index in [1.165, 1.54) is 25.9 Å². The summed E-state index contributed by atoms with van der Waals surface area (Å²) >= 11 is 0. The molecule has 2 aliphatic rings. The van der Waals surface area contributed by atoms with Gasteiger partial charge in [-0.1, -0.05) is 13.8 Å². The highest BCUT2D eigenvalue weighted by atomic mass is 16.1. The van der Waals surface area contributed by atoms with E-state index < -0.39 is 0 Å². The summed E-state index contributed by atoms with van der Waals surface area (Å²) < 4.78 is 0. The molecular formula is C12H22N2O. The molecule has 3 nitrogen and oxygen atoms in total. The highest BCUT2D eigenvalue weighted by molar-refractivity contribution is 5.78. The smallest absolute Gasteiger partial charge is 0.223 e. The van der Waals surface area contributed by atoms with Crippen molar-refractivity contribution in [2.45, 2.75) is 51.6 Å². The monoisotopic (exact) mass is 210 g/mol. The van der Waals surface area contributed by atoms with E-state index in [2.05, 4.69) is 17.1 Å². The SMILES string of the molecule is CC[C@@H](C)C(=O)N[C@@H]1CCN2CCC[C@@H]12. The van der Waals surface area contributed by atoms with Crippen LogP contribution in [-0.2, 0) is 4.79 Å². The number of hydrogen-bond acceptors (Lipinski definition) is 2. The quantitative estimate of drug-likeness (QED) is 0.763. The molecule has 0 radical (unpaired) electrons. The Morgan fingerprint density at radius 1 is 1.47 bits per heavy atom. The van der Waals surface area contributed by atoms with Crippen molar-refractivity contribution in [1.82, 2.24) is 10.2 Å². The maximum Gasteiger partial charge on any atom is 0.223 e. The van der Waals surface area contributed by atoms with Crippen molar-refractivity contribution in [3.05, 3.63) is 0 Å². The van der Waals surface area contributed by atoms with Crippen LogP contribution in [0, 0.1) is 5.92 Å². The molecule has 0 unspecified atom stereocenters. The molecule has 15 heavy (non-hydrogen) atoms. The van der Waals surface area contributed by atoms with Gasteiger partial charge in [-0.25, -0.2) is 0 Å². The van der Waals surface area contributed by atoms with E-state index in [-0.39, 0.29) is 11.8 Å². The Labute approximate surface area is 92.2 Å². The minimum atomic E-state index is 0.167. The second-order valence-electron chi connectivity index (χ2n) is 4.96. The fraction of sp³-hybridized carbons (Fsp3) is 0.917. The minimum absolute atomic E-state index is 0.167. The fourth-order valence-corrected chi connectivity index (χ4v) is 2.76. The zero-order valence-electron chi connectivity index (χ0n) is 9.83. The van der Waals surface area contributed by atoms with E-state index >= 15 is 0 Å². The number of fused-ring (bicyclic) bond motifs is 1. The molecule has 2 rings (SSSR count). The second kappa shape index (κ2) is 4.52. The number of amides is 1. The van der Waals surface area contributed by atoms with Crippen molar-refractivity contribution < 1.29 is 4.79 Å². The number of carbonyl (C=O) groups is 1. The van der Waals surface area contributed by atoms with Crippen LogP contribution in [0.15, 0.2) is 0 Å². The molecule has 0 bridgehead atoms. The Hall–Kier alpha value is -0.570. The van der Waals surface area contributed by atoms with Crippen LogP contribution >= 0.6 is 0 Å². The van der Waals surface area contributed by atoms with Crippen LogP contribution in [-0.4, -0.2) is 36.0 Å². The van der Waals surface area contributed by atoms with Crippen LogP contribution in [0.2, 0.25) is 0 Å². The zero-order valence-corrected chi connectivity index (χ0v) is 9.83. The molecule has 2 heterocycles. The minimum Gasteiger partial charge on any atom is -0.352 e. The van der Waals surface area contributed by atoms with Gasteiger partial charge in [0.05, 0.1) is 0 Å². The summed E-state index contributed by atoms with van der Waals surface area (Å²) in [5, 5.41) is 3.22. The Morgan fingerprint density at radius 3 is 3.00 bits per heavy atom. The van der Waals surface area contributed by atoms with E-state index in [9.17, 15) is 4.79 Å². The van der Waals surface area contributed by atoms with Gasteiger partial charge in [-0.05, 0) is 32.2 Å². The van der Waals surface area contributed by atoms with Crippen molar-refractivity contribution in [2.24, 2.45) is 5.92 Å². The fourth-order valence-electron chi connectivity index (χ4n) is 2.76. The molecule has 0 spiro atoms. The second-order valence-corrected chi connectivity index (χ2v) is 4.96. The zero-order chi connectivity index (χ0) is 10.8. The van der Waals surface area contributed by atoms with Gasteiger partial charge >= 0.3 is 0 Å². The molecule has 2 aliphatic heterocycles. The third-order valence-corrected chi connectivity index (χ3v) is 3.99. The van der Waals surface area contributed by atoms with E-state index in [0.717, 1.165) is 12.8 Å². The lowest BCUT2D eigenvalue weighted by molar-refractivity contribution is -0.125. The average molecular weight is 210 g/mol.